The van der Waals surface area contributed by atoms with Crippen LogP contribution in [0.1, 0.15) is 13.8 Å². The summed E-state index contributed by atoms with van der Waals surface area (Å²) in [5, 5.41) is 10.3. The molecule has 2 rings (SSSR count). The van der Waals surface area contributed by atoms with Gasteiger partial charge in [0.05, 0.1) is 0 Å². The zero-order valence-electron chi connectivity index (χ0n) is 8.98. The summed E-state index contributed by atoms with van der Waals surface area (Å²) in [6, 6.07) is 0. The van der Waals surface area contributed by atoms with E-state index in [0.29, 0.717) is 13.1 Å². The lowest BCUT2D eigenvalue weighted by Crippen LogP contribution is -2.73. The van der Waals surface area contributed by atoms with Crippen molar-refractivity contribution < 1.29 is 16.8 Å². The predicted octanol–water partition coefficient (Wildman–Crippen LogP) is -1.49. The molecule has 16 heavy (non-hydrogen) atoms. The number of nitrogens with one attached hydrogen (secondary N) is 2. The van der Waals surface area contributed by atoms with Crippen molar-refractivity contribution in [1.29, 1.82) is 5.41 Å². The summed E-state index contributed by atoms with van der Waals surface area (Å²) in [6.07, 6.45) is 0. The molecule has 92 valence electrons. The third kappa shape index (κ3) is 1.39. The first kappa shape index (κ1) is 11.6. The second-order valence-corrected chi connectivity index (χ2v) is 5.20. The van der Waals surface area contributed by atoms with E-state index in [-0.39, 0.29) is 5.96 Å². The highest BCUT2D eigenvalue weighted by molar-refractivity contribution is 7.82. The molecule has 0 aliphatic carbocycles. The number of rotatable bonds is 0. The van der Waals surface area contributed by atoms with Crippen LogP contribution in [0.3, 0.4) is 0 Å². The molecule has 2 unspecified atom stereocenters. The van der Waals surface area contributed by atoms with Crippen molar-refractivity contribution in [2.75, 3.05) is 13.1 Å². The number of nitrogens with two attached hydrogens (primary N) is 1. The minimum absolute atomic E-state index is 0.254. The average Bonchev–Trinajstić information content (AvgIpc) is 2.27. The van der Waals surface area contributed by atoms with Gasteiger partial charge in [-0.05, 0) is 13.8 Å². The molecule has 9 heteroatoms. The predicted molar refractivity (Wildman–Crippen MR) is 54.5 cm³/mol. The molecule has 0 aromatic carbocycles. The smallest absolute Gasteiger partial charge is 0.370 e. The molecule has 0 saturated carbocycles. The van der Waals surface area contributed by atoms with Crippen LogP contribution in [0.2, 0.25) is 0 Å². The molecule has 0 amide bonds. The monoisotopic (exact) mass is 250 g/mol. The maximum atomic E-state index is 11.4. The Bertz CT molecular complexity index is 438. The van der Waals surface area contributed by atoms with Gasteiger partial charge in [0.25, 0.3) is 0 Å². The Morgan fingerprint density at radius 2 is 2.12 bits per heavy atom. The Morgan fingerprint density at radius 3 is 2.69 bits per heavy atom. The molecule has 2 saturated heterocycles. The van der Waals surface area contributed by atoms with Crippen LogP contribution in [0.25, 0.3) is 0 Å². The number of guanidine groups is 1. The molecule has 2 aliphatic rings. The summed E-state index contributed by atoms with van der Waals surface area (Å²) in [6.45, 7) is 3.89. The molecular formula is C7H14N4O4S. The third-order valence-electron chi connectivity index (χ3n) is 3.02. The first-order valence-corrected chi connectivity index (χ1v) is 6.06. The molecule has 4 N–H and O–H groups in total. The number of fused-ring (bicyclic) bond motifs is 1. The van der Waals surface area contributed by atoms with Crippen LogP contribution in [0.4, 0.5) is 0 Å². The van der Waals surface area contributed by atoms with Crippen LogP contribution in [-0.2, 0) is 18.8 Å². The molecule has 0 spiro atoms. The lowest BCUT2D eigenvalue weighted by Gasteiger charge is -2.48. The quantitative estimate of drug-likeness (QED) is 0.354. The topological polar surface area (TPSA) is 118 Å². The molecule has 2 heterocycles. The van der Waals surface area contributed by atoms with Crippen molar-refractivity contribution in [3.8, 4) is 0 Å². The van der Waals surface area contributed by atoms with Gasteiger partial charge in [-0.15, -0.1) is 0 Å². The lowest BCUT2D eigenvalue weighted by molar-refractivity contribution is -0.144. The number of piperazine rings is 1. The summed E-state index contributed by atoms with van der Waals surface area (Å²) in [5.41, 5.74) is 2.83. The summed E-state index contributed by atoms with van der Waals surface area (Å²) in [5.74, 6) is -0.254. The van der Waals surface area contributed by atoms with Crippen molar-refractivity contribution in [3.05, 3.63) is 0 Å². The van der Waals surface area contributed by atoms with Crippen LogP contribution in [0.5, 0.6) is 0 Å². The van der Waals surface area contributed by atoms with Crippen LogP contribution >= 0.6 is 0 Å². The van der Waals surface area contributed by atoms with Gasteiger partial charge in [0.15, 0.2) is 11.7 Å². The summed E-state index contributed by atoms with van der Waals surface area (Å²) < 4.78 is 32.5. The highest BCUT2D eigenvalue weighted by Gasteiger charge is 2.64. The fourth-order valence-corrected chi connectivity index (χ4v) is 3.34. The molecule has 0 aromatic rings. The maximum absolute atomic E-state index is 11.4. The fraction of sp³-hybridized carbons (Fsp3) is 0.857. The number of hydrogen-bond donors (Lipinski definition) is 3. The van der Waals surface area contributed by atoms with E-state index in [9.17, 15) is 8.42 Å². The van der Waals surface area contributed by atoms with E-state index in [0.717, 1.165) is 0 Å². The van der Waals surface area contributed by atoms with Crippen molar-refractivity contribution in [2.45, 2.75) is 25.3 Å². The van der Waals surface area contributed by atoms with Gasteiger partial charge in [-0.1, -0.05) is 0 Å². The van der Waals surface area contributed by atoms with Gasteiger partial charge in [0, 0.05) is 13.1 Å². The van der Waals surface area contributed by atoms with Gasteiger partial charge >= 0.3 is 10.4 Å². The van der Waals surface area contributed by atoms with Gasteiger partial charge < -0.3 is 10.6 Å². The largest absolute Gasteiger partial charge is 0.404 e. The van der Waals surface area contributed by atoms with E-state index in [2.05, 4.69) is 5.32 Å². The Labute approximate surface area is 93.5 Å². The highest BCUT2D eigenvalue weighted by atomic mass is 32.3. The lowest BCUT2D eigenvalue weighted by atomic mass is 9.98. The minimum Gasteiger partial charge on any atom is -0.370 e. The fourth-order valence-electron chi connectivity index (χ4n) is 2.04. The Kier molecular flexibility index (Phi) is 2.22. The van der Waals surface area contributed by atoms with E-state index >= 15 is 0 Å². The molecule has 2 atom stereocenters. The van der Waals surface area contributed by atoms with Gasteiger partial charge in [0.2, 0.25) is 5.72 Å². The van der Waals surface area contributed by atoms with Crippen LogP contribution in [-0.4, -0.2) is 43.8 Å². The normalized spacial score (nSPS) is 41.8. The van der Waals surface area contributed by atoms with Crippen molar-refractivity contribution in [3.63, 3.8) is 0 Å². The van der Waals surface area contributed by atoms with Gasteiger partial charge in [-0.3, -0.25) is 10.7 Å². The van der Waals surface area contributed by atoms with Crippen molar-refractivity contribution >= 4 is 16.4 Å². The highest BCUT2D eigenvalue weighted by Crippen LogP contribution is 2.42. The van der Waals surface area contributed by atoms with E-state index in [1.54, 1.807) is 6.92 Å². The molecule has 2 aliphatic heterocycles. The molecule has 0 bridgehead atoms. The SMILES string of the molecule is CC12NCCN(C(=N)N)C1(C)OS(=O)(=O)O2. The third-order valence-corrected chi connectivity index (χ3v) is 4.09. The van der Waals surface area contributed by atoms with Gasteiger partial charge in [0.1, 0.15) is 0 Å². The zero-order chi connectivity index (χ0) is 12.2. The Morgan fingerprint density at radius 1 is 1.50 bits per heavy atom. The molecule has 0 aromatic heterocycles. The van der Waals surface area contributed by atoms with Crippen molar-refractivity contribution in [1.82, 2.24) is 10.2 Å². The van der Waals surface area contributed by atoms with E-state index < -0.39 is 21.8 Å². The van der Waals surface area contributed by atoms with Crippen LogP contribution in [0, 0.1) is 5.41 Å². The van der Waals surface area contributed by atoms with E-state index in [1.165, 1.54) is 11.8 Å². The summed E-state index contributed by atoms with van der Waals surface area (Å²) in [4.78, 5) is 1.36. The van der Waals surface area contributed by atoms with Crippen LogP contribution in [0.15, 0.2) is 0 Å². The first-order valence-electron chi connectivity index (χ1n) is 4.73. The standard InChI is InChI=1S/C7H14N4O4S/c1-6-7(2,15-16(12,13)14-6)11(5(8)9)4-3-10-6/h10H,3-4H2,1-2H3,(H3,8,9). The average molecular weight is 250 g/mol. The van der Waals surface area contributed by atoms with E-state index in [1.807, 2.05) is 0 Å². The number of hydrogen-bond acceptors (Lipinski definition) is 6. The first-order chi connectivity index (χ1) is 7.20. The number of nitrogens with zero attached hydrogens (tertiary/aromatic N) is 1. The Hall–Kier alpha value is -0.900. The van der Waals surface area contributed by atoms with Crippen molar-refractivity contribution in [2.24, 2.45) is 5.73 Å². The van der Waals surface area contributed by atoms with Gasteiger partial charge in [-0.25, -0.2) is 8.37 Å². The maximum Gasteiger partial charge on any atom is 0.404 e. The second kappa shape index (κ2) is 3.06. The van der Waals surface area contributed by atoms with Gasteiger partial charge in [-0.2, -0.15) is 8.42 Å². The minimum atomic E-state index is -4.07. The summed E-state index contributed by atoms with van der Waals surface area (Å²) >= 11 is 0. The summed E-state index contributed by atoms with van der Waals surface area (Å²) in [7, 11) is -4.07. The van der Waals surface area contributed by atoms with E-state index in [4.69, 9.17) is 19.5 Å². The second-order valence-electron chi connectivity index (χ2n) is 4.05. The molecular weight excluding hydrogens is 236 g/mol. The molecule has 8 nitrogen and oxygen atoms in total. The Balaban J connectivity index is 2.48. The molecule has 0 radical (unpaired) electrons. The van der Waals surface area contributed by atoms with Crippen LogP contribution < -0.4 is 11.1 Å². The molecule has 2 fully saturated rings. The zero-order valence-corrected chi connectivity index (χ0v) is 9.80.